The maximum atomic E-state index is 12.6. The highest BCUT2D eigenvalue weighted by molar-refractivity contribution is 7.89. The highest BCUT2D eigenvalue weighted by atomic mass is 32.2. The molecule has 1 N–H and O–H groups in total. The summed E-state index contributed by atoms with van der Waals surface area (Å²) < 4.78 is 48.0. The van der Waals surface area contributed by atoms with Gasteiger partial charge in [0, 0.05) is 24.8 Å². The fraction of sp³-hybridized carbons (Fsp3) is 0.421. The molecule has 1 amide bonds. The summed E-state index contributed by atoms with van der Waals surface area (Å²) >= 11 is 0. The number of hydrogen-bond acceptors (Lipinski definition) is 7. The van der Waals surface area contributed by atoms with Gasteiger partial charge in [-0.25, -0.2) is 8.42 Å². The van der Waals surface area contributed by atoms with Crippen LogP contribution in [0, 0.1) is 0 Å². The number of amides is 1. The first kappa shape index (κ1) is 21.2. The van der Waals surface area contributed by atoms with Crippen molar-refractivity contribution in [3.63, 3.8) is 0 Å². The van der Waals surface area contributed by atoms with Gasteiger partial charge in [-0.3, -0.25) is 4.79 Å². The topological polar surface area (TPSA) is 107 Å². The Kier molecular flexibility index (Phi) is 6.78. The number of hydrogen-bond donors (Lipinski definition) is 1. The number of ether oxygens (including phenoxy) is 3. The van der Waals surface area contributed by atoms with E-state index in [0.717, 1.165) is 0 Å². The van der Waals surface area contributed by atoms with E-state index in [2.05, 4.69) is 5.32 Å². The van der Waals surface area contributed by atoms with Crippen LogP contribution in [-0.2, 0) is 14.8 Å². The number of nitrogens with one attached hydrogen (secondary N) is 1. The zero-order chi connectivity index (χ0) is 20.9. The molecule has 0 aliphatic carbocycles. The van der Waals surface area contributed by atoms with Crippen LogP contribution < -0.4 is 14.8 Å². The average molecular weight is 424 g/mol. The summed E-state index contributed by atoms with van der Waals surface area (Å²) in [6.45, 7) is 5.79. The second-order valence-electron chi connectivity index (χ2n) is 6.12. The van der Waals surface area contributed by atoms with E-state index in [-0.39, 0.29) is 23.9 Å². The van der Waals surface area contributed by atoms with Crippen molar-refractivity contribution in [1.82, 2.24) is 4.31 Å². The van der Waals surface area contributed by atoms with Crippen molar-refractivity contribution in [3.05, 3.63) is 36.1 Å². The number of rotatable bonds is 8. The molecule has 1 aliphatic rings. The van der Waals surface area contributed by atoms with E-state index in [0.29, 0.717) is 43.6 Å². The largest absolute Gasteiger partial charge is 0.490 e. The van der Waals surface area contributed by atoms with Gasteiger partial charge in [0.15, 0.2) is 17.3 Å². The zero-order valence-corrected chi connectivity index (χ0v) is 17.2. The first-order valence-electron chi connectivity index (χ1n) is 9.34. The number of morpholine rings is 1. The summed E-state index contributed by atoms with van der Waals surface area (Å²) in [5.41, 5.74) is 0.468. The Bertz CT molecular complexity index is 949. The summed E-state index contributed by atoms with van der Waals surface area (Å²) in [6.07, 6.45) is 0. The predicted molar refractivity (Wildman–Crippen MR) is 105 cm³/mol. The molecule has 2 aromatic rings. The maximum Gasteiger partial charge on any atom is 0.291 e. The first-order valence-corrected chi connectivity index (χ1v) is 10.8. The molecule has 1 fully saturated rings. The predicted octanol–water partition coefficient (Wildman–Crippen LogP) is 2.35. The van der Waals surface area contributed by atoms with Gasteiger partial charge in [0.2, 0.25) is 5.09 Å². The van der Waals surface area contributed by atoms with Gasteiger partial charge in [-0.15, -0.1) is 0 Å². The van der Waals surface area contributed by atoms with Crippen LogP contribution in [-0.4, -0.2) is 58.1 Å². The van der Waals surface area contributed by atoms with Gasteiger partial charge < -0.3 is 23.9 Å². The van der Waals surface area contributed by atoms with E-state index in [1.807, 2.05) is 13.8 Å². The SMILES string of the molecule is CCOc1ccc(NC(=O)c2ccc(S(=O)(=O)N3CCOCC3)o2)cc1OCC. The molecule has 0 bridgehead atoms. The lowest BCUT2D eigenvalue weighted by Gasteiger charge is -2.24. The molecule has 10 heteroatoms. The van der Waals surface area contributed by atoms with E-state index in [1.165, 1.54) is 16.4 Å². The molecule has 0 saturated carbocycles. The molecule has 0 spiro atoms. The van der Waals surface area contributed by atoms with Gasteiger partial charge in [0.05, 0.1) is 26.4 Å². The first-order chi connectivity index (χ1) is 14.0. The fourth-order valence-corrected chi connectivity index (χ4v) is 4.14. The molecule has 2 heterocycles. The van der Waals surface area contributed by atoms with Crippen LogP contribution in [0.25, 0.3) is 0 Å². The van der Waals surface area contributed by atoms with E-state index in [1.54, 1.807) is 18.2 Å². The van der Waals surface area contributed by atoms with E-state index >= 15 is 0 Å². The third-order valence-electron chi connectivity index (χ3n) is 4.17. The fourth-order valence-electron chi connectivity index (χ4n) is 2.82. The molecule has 9 nitrogen and oxygen atoms in total. The second kappa shape index (κ2) is 9.29. The molecular weight excluding hydrogens is 400 g/mol. The monoisotopic (exact) mass is 424 g/mol. The number of sulfonamides is 1. The van der Waals surface area contributed by atoms with Crippen LogP contribution in [0.2, 0.25) is 0 Å². The minimum absolute atomic E-state index is 0.108. The van der Waals surface area contributed by atoms with Gasteiger partial charge >= 0.3 is 0 Å². The molecule has 1 aromatic carbocycles. The molecule has 158 valence electrons. The normalized spacial score (nSPS) is 15.1. The Balaban J connectivity index is 1.74. The van der Waals surface area contributed by atoms with Gasteiger partial charge in [0.1, 0.15) is 0 Å². The van der Waals surface area contributed by atoms with Gasteiger partial charge in [0.25, 0.3) is 15.9 Å². The van der Waals surface area contributed by atoms with Crippen molar-refractivity contribution in [2.24, 2.45) is 0 Å². The van der Waals surface area contributed by atoms with Crippen molar-refractivity contribution in [2.45, 2.75) is 18.9 Å². The number of anilines is 1. The summed E-state index contributed by atoms with van der Waals surface area (Å²) in [5.74, 6) is 0.398. The van der Waals surface area contributed by atoms with Gasteiger partial charge in [-0.2, -0.15) is 4.31 Å². The van der Waals surface area contributed by atoms with E-state index in [9.17, 15) is 13.2 Å². The van der Waals surface area contributed by atoms with Crippen molar-refractivity contribution in [2.75, 3.05) is 44.8 Å². The van der Waals surface area contributed by atoms with Crippen LogP contribution in [0.15, 0.2) is 39.8 Å². The minimum Gasteiger partial charge on any atom is -0.490 e. The summed E-state index contributed by atoms with van der Waals surface area (Å²) in [5, 5.41) is 2.40. The molecule has 1 aromatic heterocycles. The van der Waals surface area contributed by atoms with E-state index < -0.39 is 15.9 Å². The van der Waals surface area contributed by atoms with Crippen LogP contribution in [0.3, 0.4) is 0 Å². The van der Waals surface area contributed by atoms with Crippen molar-refractivity contribution in [3.8, 4) is 11.5 Å². The molecule has 0 unspecified atom stereocenters. The van der Waals surface area contributed by atoms with Crippen LogP contribution in [0.4, 0.5) is 5.69 Å². The van der Waals surface area contributed by atoms with Crippen LogP contribution >= 0.6 is 0 Å². The molecule has 0 radical (unpaired) electrons. The second-order valence-corrected chi connectivity index (χ2v) is 7.99. The minimum atomic E-state index is -3.80. The third-order valence-corrected chi connectivity index (χ3v) is 5.94. The third kappa shape index (κ3) is 4.89. The van der Waals surface area contributed by atoms with Crippen molar-refractivity contribution >= 4 is 21.6 Å². The Hall–Kier alpha value is -2.56. The molecule has 1 saturated heterocycles. The molecule has 0 atom stereocenters. The lowest BCUT2D eigenvalue weighted by molar-refractivity contribution is 0.0723. The van der Waals surface area contributed by atoms with Gasteiger partial charge in [-0.05, 0) is 38.1 Å². The Morgan fingerprint density at radius 3 is 2.45 bits per heavy atom. The van der Waals surface area contributed by atoms with Crippen LogP contribution in [0.5, 0.6) is 11.5 Å². The Labute approximate surface area is 169 Å². The Morgan fingerprint density at radius 2 is 1.76 bits per heavy atom. The van der Waals surface area contributed by atoms with E-state index in [4.69, 9.17) is 18.6 Å². The Morgan fingerprint density at radius 1 is 1.07 bits per heavy atom. The highest BCUT2D eigenvalue weighted by Crippen LogP contribution is 2.31. The number of nitrogens with zero attached hydrogens (tertiary/aromatic N) is 1. The lowest BCUT2D eigenvalue weighted by Crippen LogP contribution is -2.40. The van der Waals surface area contributed by atoms with Crippen LogP contribution in [0.1, 0.15) is 24.4 Å². The highest BCUT2D eigenvalue weighted by Gasteiger charge is 2.30. The standard InChI is InChI=1S/C19H24N2O7S/c1-3-26-15-6-5-14(13-17(15)27-4-2)20-19(22)16-7-8-18(28-16)29(23,24)21-9-11-25-12-10-21/h5-8,13H,3-4,9-12H2,1-2H3,(H,20,22). The number of furan rings is 1. The van der Waals surface area contributed by atoms with Crippen molar-refractivity contribution < 1.29 is 31.8 Å². The molecular formula is C19H24N2O7S. The molecule has 3 rings (SSSR count). The lowest BCUT2D eigenvalue weighted by atomic mass is 10.2. The van der Waals surface area contributed by atoms with Crippen molar-refractivity contribution in [1.29, 1.82) is 0 Å². The average Bonchev–Trinajstić information content (AvgIpc) is 3.22. The number of benzene rings is 1. The number of carbonyl (C=O) groups excluding carboxylic acids is 1. The van der Waals surface area contributed by atoms with Gasteiger partial charge in [-0.1, -0.05) is 0 Å². The summed E-state index contributed by atoms with van der Waals surface area (Å²) in [6, 6.07) is 7.62. The molecule has 1 aliphatic heterocycles. The smallest absolute Gasteiger partial charge is 0.291 e. The quantitative estimate of drug-likeness (QED) is 0.693. The zero-order valence-electron chi connectivity index (χ0n) is 16.3. The summed E-state index contributed by atoms with van der Waals surface area (Å²) in [4.78, 5) is 12.5. The summed E-state index contributed by atoms with van der Waals surface area (Å²) in [7, 11) is -3.80. The maximum absolute atomic E-state index is 12.6. The molecule has 29 heavy (non-hydrogen) atoms. The number of carbonyl (C=O) groups is 1.